The number of fused-ring (bicyclic) bond motifs is 1. The molecule has 0 spiro atoms. The smallest absolute Gasteiger partial charge is 0.267 e. The maximum atomic E-state index is 12.6. The lowest BCUT2D eigenvalue weighted by Crippen LogP contribution is -2.18. The number of pyridine rings is 1. The van der Waals surface area contributed by atoms with Crippen LogP contribution in [0.4, 0.5) is 0 Å². The number of hydrogen-bond donors (Lipinski definition) is 1. The van der Waals surface area contributed by atoms with E-state index in [1.807, 2.05) is 66.7 Å². The molecule has 1 amide bonds. The number of nitrogens with zero attached hydrogens (tertiary/aromatic N) is 2. The van der Waals surface area contributed by atoms with Gasteiger partial charge in [0.05, 0.1) is 11.1 Å². The number of para-hydroxylation sites is 1. The van der Waals surface area contributed by atoms with Crippen LogP contribution in [0, 0.1) is 0 Å². The summed E-state index contributed by atoms with van der Waals surface area (Å²) >= 11 is 0. The Hall–Kier alpha value is -3.27. The number of nitrogens with one attached hydrogen (secondary N) is 1. The van der Waals surface area contributed by atoms with Crippen molar-refractivity contribution >= 4 is 29.1 Å². The van der Waals surface area contributed by atoms with Gasteiger partial charge < -0.3 is 0 Å². The molecule has 4 heteroatoms. The molecule has 0 bridgehead atoms. The van der Waals surface area contributed by atoms with E-state index in [0.29, 0.717) is 11.5 Å². The van der Waals surface area contributed by atoms with Crippen molar-refractivity contribution in [1.29, 1.82) is 0 Å². The standard InChI is InChI=1S/C22H19N3O/c26-22(25-23-14-6-9-16-7-2-1-3-8-16)19-15-21(17-12-13-17)24-20-11-5-4-10-18(19)20/h1-11,14-15,17H,12-13H2,(H,25,26)/b9-6+,23-14-. The van der Waals surface area contributed by atoms with Gasteiger partial charge in [-0.3, -0.25) is 9.78 Å². The van der Waals surface area contributed by atoms with E-state index in [1.165, 1.54) is 0 Å². The molecule has 4 rings (SSSR count). The number of hydrogen-bond acceptors (Lipinski definition) is 3. The summed E-state index contributed by atoms with van der Waals surface area (Å²) in [6.45, 7) is 0. The van der Waals surface area contributed by atoms with E-state index in [1.54, 1.807) is 12.3 Å². The van der Waals surface area contributed by atoms with Gasteiger partial charge in [-0.15, -0.1) is 0 Å². The van der Waals surface area contributed by atoms with Crippen molar-refractivity contribution in [1.82, 2.24) is 10.4 Å². The zero-order valence-corrected chi connectivity index (χ0v) is 14.3. The first-order chi connectivity index (χ1) is 12.8. The summed E-state index contributed by atoms with van der Waals surface area (Å²) in [7, 11) is 0. The second-order valence-corrected chi connectivity index (χ2v) is 6.38. The third-order valence-electron chi connectivity index (χ3n) is 4.39. The largest absolute Gasteiger partial charge is 0.272 e. The summed E-state index contributed by atoms with van der Waals surface area (Å²) in [5, 5.41) is 4.88. The van der Waals surface area contributed by atoms with E-state index >= 15 is 0 Å². The Morgan fingerprint density at radius 3 is 2.65 bits per heavy atom. The van der Waals surface area contributed by atoms with Crippen molar-refractivity contribution in [3.63, 3.8) is 0 Å². The Morgan fingerprint density at radius 2 is 1.85 bits per heavy atom. The maximum Gasteiger partial charge on any atom is 0.272 e. The summed E-state index contributed by atoms with van der Waals surface area (Å²) in [6, 6.07) is 19.6. The van der Waals surface area contributed by atoms with E-state index in [9.17, 15) is 4.79 Å². The molecule has 0 atom stereocenters. The van der Waals surface area contributed by atoms with Gasteiger partial charge in [0.15, 0.2) is 0 Å². The van der Waals surface area contributed by atoms with Gasteiger partial charge in [0, 0.05) is 23.2 Å². The molecule has 1 fully saturated rings. The van der Waals surface area contributed by atoms with Crippen LogP contribution < -0.4 is 5.43 Å². The number of rotatable bonds is 5. The first kappa shape index (κ1) is 16.2. The molecule has 1 saturated carbocycles. The zero-order chi connectivity index (χ0) is 17.8. The third kappa shape index (κ3) is 3.70. The molecule has 1 aromatic heterocycles. The van der Waals surface area contributed by atoms with Crippen molar-refractivity contribution in [2.24, 2.45) is 5.10 Å². The molecule has 0 radical (unpaired) electrons. The van der Waals surface area contributed by atoms with Crippen molar-refractivity contribution in [3.8, 4) is 0 Å². The Morgan fingerprint density at radius 1 is 1.08 bits per heavy atom. The minimum absolute atomic E-state index is 0.213. The van der Waals surface area contributed by atoms with Crippen LogP contribution in [-0.4, -0.2) is 17.1 Å². The first-order valence-electron chi connectivity index (χ1n) is 8.76. The molecule has 26 heavy (non-hydrogen) atoms. The molecule has 0 aliphatic heterocycles. The molecule has 2 aromatic carbocycles. The molecule has 1 heterocycles. The van der Waals surface area contributed by atoms with Gasteiger partial charge in [0.25, 0.3) is 5.91 Å². The maximum absolute atomic E-state index is 12.6. The molecule has 3 aromatic rings. The Kier molecular flexibility index (Phi) is 4.56. The first-order valence-corrected chi connectivity index (χ1v) is 8.76. The fourth-order valence-electron chi connectivity index (χ4n) is 2.89. The van der Waals surface area contributed by atoms with Crippen LogP contribution in [0.1, 0.15) is 40.4 Å². The van der Waals surface area contributed by atoms with Crippen molar-refractivity contribution in [2.45, 2.75) is 18.8 Å². The minimum atomic E-state index is -0.213. The number of amides is 1. The molecule has 1 aliphatic carbocycles. The van der Waals surface area contributed by atoms with E-state index in [2.05, 4.69) is 10.5 Å². The highest BCUT2D eigenvalue weighted by atomic mass is 16.2. The minimum Gasteiger partial charge on any atom is -0.267 e. The van der Waals surface area contributed by atoms with E-state index in [4.69, 9.17) is 4.98 Å². The van der Waals surface area contributed by atoms with Gasteiger partial charge in [-0.25, -0.2) is 5.43 Å². The fourth-order valence-corrected chi connectivity index (χ4v) is 2.89. The summed E-state index contributed by atoms with van der Waals surface area (Å²) in [6.07, 6.45) is 7.61. The Labute approximate surface area is 152 Å². The number of aromatic nitrogens is 1. The second-order valence-electron chi connectivity index (χ2n) is 6.38. The number of benzene rings is 2. The Balaban J connectivity index is 1.51. The molecule has 1 aliphatic rings. The number of hydrazone groups is 1. The number of carbonyl (C=O) groups excluding carboxylic acids is 1. The lowest BCUT2D eigenvalue weighted by molar-refractivity contribution is 0.0956. The van der Waals surface area contributed by atoms with Crippen LogP contribution in [0.25, 0.3) is 17.0 Å². The van der Waals surface area contributed by atoms with E-state index < -0.39 is 0 Å². The van der Waals surface area contributed by atoms with Crippen LogP contribution in [0.5, 0.6) is 0 Å². The molecule has 4 nitrogen and oxygen atoms in total. The van der Waals surface area contributed by atoms with Crippen LogP contribution in [0.3, 0.4) is 0 Å². The zero-order valence-electron chi connectivity index (χ0n) is 14.3. The van der Waals surface area contributed by atoms with E-state index in [-0.39, 0.29) is 5.91 Å². The summed E-state index contributed by atoms with van der Waals surface area (Å²) in [5.74, 6) is 0.276. The summed E-state index contributed by atoms with van der Waals surface area (Å²) in [5.41, 5.74) is 6.18. The summed E-state index contributed by atoms with van der Waals surface area (Å²) < 4.78 is 0. The van der Waals surface area contributed by atoms with Crippen LogP contribution in [0.2, 0.25) is 0 Å². The lowest BCUT2D eigenvalue weighted by Gasteiger charge is -2.08. The normalized spacial score (nSPS) is 14.3. The monoisotopic (exact) mass is 341 g/mol. The van der Waals surface area contributed by atoms with Crippen LogP contribution in [0.15, 0.2) is 71.8 Å². The van der Waals surface area contributed by atoms with Crippen molar-refractivity contribution in [2.75, 3.05) is 0 Å². The van der Waals surface area contributed by atoms with E-state index in [0.717, 1.165) is 35.0 Å². The average Bonchev–Trinajstić information content (AvgIpc) is 3.53. The quantitative estimate of drug-likeness (QED) is 0.547. The van der Waals surface area contributed by atoms with Gasteiger partial charge in [-0.05, 0) is 36.6 Å². The van der Waals surface area contributed by atoms with Crippen LogP contribution in [-0.2, 0) is 0 Å². The molecule has 0 saturated heterocycles. The fraction of sp³-hybridized carbons (Fsp3) is 0.136. The third-order valence-corrected chi connectivity index (χ3v) is 4.39. The van der Waals surface area contributed by atoms with Gasteiger partial charge >= 0.3 is 0 Å². The van der Waals surface area contributed by atoms with Gasteiger partial charge in [-0.2, -0.15) is 5.10 Å². The second kappa shape index (κ2) is 7.31. The topological polar surface area (TPSA) is 54.4 Å². The predicted molar refractivity (Wildman–Crippen MR) is 105 cm³/mol. The van der Waals surface area contributed by atoms with Gasteiger partial charge in [-0.1, -0.05) is 54.6 Å². The molecular formula is C22H19N3O. The van der Waals surface area contributed by atoms with Crippen LogP contribution >= 0.6 is 0 Å². The van der Waals surface area contributed by atoms with Crippen molar-refractivity contribution < 1.29 is 4.79 Å². The highest BCUT2D eigenvalue weighted by Crippen LogP contribution is 2.40. The number of allylic oxidation sites excluding steroid dienone is 1. The molecule has 128 valence electrons. The average molecular weight is 341 g/mol. The predicted octanol–water partition coefficient (Wildman–Crippen LogP) is 4.54. The molecule has 1 N–H and O–H groups in total. The highest BCUT2D eigenvalue weighted by Gasteiger charge is 2.26. The SMILES string of the molecule is O=C(N/N=C\C=C\c1ccccc1)c1cc(C2CC2)nc2ccccc12. The van der Waals surface area contributed by atoms with Gasteiger partial charge in [0.1, 0.15) is 0 Å². The molecule has 0 unspecified atom stereocenters. The summed E-state index contributed by atoms with van der Waals surface area (Å²) in [4.78, 5) is 17.3. The van der Waals surface area contributed by atoms with Gasteiger partial charge in [0.2, 0.25) is 0 Å². The Bertz CT molecular complexity index is 989. The van der Waals surface area contributed by atoms with Crippen molar-refractivity contribution in [3.05, 3.63) is 83.6 Å². The molecular weight excluding hydrogens is 322 g/mol. The highest BCUT2D eigenvalue weighted by molar-refractivity contribution is 6.06. The lowest BCUT2D eigenvalue weighted by atomic mass is 10.1. The number of carbonyl (C=O) groups is 1.